The maximum absolute atomic E-state index is 11.3. The Bertz CT molecular complexity index is 1210. The summed E-state index contributed by atoms with van der Waals surface area (Å²) < 4.78 is 0. The molecule has 0 unspecified atom stereocenters. The molecule has 2 aromatic carbocycles. The van der Waals surface area contributed by atoms with E-state index < -0.39 is 11.8 Å². The number of hydrogen-bond donors (Lipinski definition) is 2. The zero-order valence-electron chi connectivity index (χ0n) is 23.5. The van der Waals surface area contributed by atoms with Crippen LogP contribution in [0.5, 0.6) is 11.5 Å². The number of hydrogen-bond acceptors (Lipinski definition) is 10. The molecule has 11 heteroatoms. The van der Waals surface area contributed by atoms with Crippen molar-refractivity contribution in [2.75, 3.05) is 0 Å². The smallest absolute Gasteiger partial charge is 0.857 e. The summed E-state index contributed by atoms with van der Waals surface area (Å²) in [6, 6.07) is 23.9. The minimum Gasteiger partial charge on any atom is -0.857 e. The molecule has 2 N–H and O–H groups in total. The van der Waals surface area contributed by atoms with E-state index in [9.17, 15) is 20.4 Å². The monoisotopic (exact) mass is 604 g/mol. The van der Waals surface area contributed by atoms with Crippen molar-refractivity contribution < 1.29 is 39.9 Å². The van der Waals surface area contributed by atoms with Gasteiger partial charge in [-0.25, -0.2) is 0 Å². The molecule has 0 aliphatic heterocycles. The van der Waals surface area contributed by atoms with E-state index in [2.05, 4.69) is 30.4 Å². The Balaban J connectivity index is 0.000000552. The zero-order valence-corrected chi connectivity index (χ0v) is 26.5. The van der Waals surface area contributed by atoms with E-state index in [-0.39, 0.29) is 42.1 Å². The Morgan fingerprint density at radius 2 is 0.829 bits per heavy atom. The molecular weight excluding hydrogens is 574 g/mol. The zero-order chi connectivity index (χ0) is 29.6. The maximum atomic E-state index is 11.3. The van der Waals surface area contributed by atoms with Crippen LogP contribution in [0.2, 0.25) is 0 Å². The fraction of sp³-hybridized carbons (Fsp3) is 0.133. The topological polar surface area (TPSA) is 162 Å². The number of para-hydroxylation sites is 2. The van der Waals surface area contributed by atoms with Gasteiger partial charge < -0.3 is 20.4 Å². The fourth-order valence-electron chi connectivity index (χ4n) is 2.33. The van der Waals surface area contributed by atoms with Crippen molar-refractivity contribution >= 4 is 23.2 Å². The SMILES string of the molecule is CC(C)=N/N=C(\[O-])c1ccccc1O.CC(C)=N/N=C(\[O-])c1ccccc1O.[Zn+2].c1ccncc1.c1ccncc1. The maximum Gasteiger partial charge on any atom is 2.00 e. The van der Waals surface area contributed by atoms with Crippen molar-refractivity contribution in [3.05, 3.63) is 121 Å². The van der Waals surface area contributed by atoms with Gasteiger partial charge in [0.25, 0.3) is 0 Å². The van der Waals surface area contributed by atoms with Crippen molar-refractivity contribution in [2.45, 2.75) is 27.7 Å². The van der Waals surface area contributed by atoms with Gasteiger partial charge in [0.1, 0.15) is 11.5 Å². The molecule has 0 aliphatic carbocycles. The van der Waals surface area contributed by atoms with Gasteiger partial charge in [-0.05, 0) is 64.1 Å². The predicted molar refractivity (Wildman–Crippen MR) is 155 cm³/mol. The molecule has 0 aliphatic rings. The van der Waals surface area contributed by atoms with E-state index in [0.29, 0.717) is 11.4 Å². The number of nitrogens with zero attached hydrogens (tertiary/aromatic N) is 6. The van der Waals surface area contributed by atoms with Crippen LogP contribution in [-0.4, -0.2) is 43.4 Å². The molecule has 0 fully saturated rings. The van der Waals surface area contributed by atoms with Crippen LogP contribution < -0.4 is 10.2 Å². The molecule has 2 aromatic heterocycles. The summed E-state index contributed by atoms with van der Waals surface area (Å²) in [4.78, 5) is 7.57. The molecule has 2 heterocycles. The Morgan fingerprint density at radius 1 is 0.512 bits per heavy atom. The van der Waals surface area contributed by atoms with Gasteiger partial charge in [-0.1, -0.05) is 48.5 Å². The third-order valence-corrected chi connectivity index (χ3v) is 4.08. The van der Waals surface area contributed by atoms with Crippen LogP contribution in [0.15, 0.2) is 130 Å². The molecule has 41 heavy (non-hydrogen) atoms. The van der Waals surface area contributed by atoms with Crippen molar-refractivity contribution in [1.82, 2.24) is 9.97 Å². The van der Waals surface area contributed by atoms with E-state index in [1.54, 1.807) is 76.7 Å². The van der Waals surface area contributed by atoms with Gasteiger partial charge in [0.15, 0.2) is 0 Å². The molecule has 0 radical (unpaired) electrons. The Hall–Kier alpha value is -4.76. The molecule has 208 valence electrons. The van der Waals surface area contributed by atoms with E-state index >= 15 is 0 Å². The van der Waals surface area contributed by atoms with Gasteiger partial charge in [-0.2, -0.15) is 20.4 Å². The first-order valence-corrected chi connectivity index (χ1v) is 12.0. The largest absolute Gasteiger partial charge is 2.00 e. The van der Waals surface area contributed by atoms with Crippen LogP contribution in [0.1, 0.15) is 38.8 Å². The molecule has 4 aromatic rings. The van der Waals surface area contributed by atoms with Crippen molar-refractivity contribution in [2.24, 2.45) is 20.4 Å². The standard InChI is InChI=1S/2C10H12N2O2.2C5H5N.Zn/c2*1-7(2)11-12-10(14)8-5-3-4-6-9(8)13;2*1-2-4-6-5-3-1;/h2*3-6,13H,1-2H3,(H,12,14);2*1-5H;/q;;;;+2/p-2. The van der Waals surface area contributed by atoms with Gasteiger partial charge >= 0.3 is 19.5 Å². The van der Waals surface area contributed by atoms with Crippen LogP contribution in [0.3, 0.4) is 0 Å². The second kappa shape index (κ2) is 22.1. The summed E-state index contributed by atoms with van der Waals surface area (Å²) in [6.45, 7) is 6.95. The molecule has 0 bridgehead atoms. The van der Waals surface area contributed by atoms with Gasteiger partial charge in [0.05, 0.1) is 0 Å². The Kier molecular flexibility index (Phi) is 19.5. The van der Waals surface area contributed by atoms with E-state index in [4.69, 9.17) is 0 Å². The van der Waals surface area contributed by atoms with Crippen molar-refractivity contribution in [3.8, 4) is 11.5 Å². The molecule has 0 saturated heterocycles. The number of aromatic hydroxyl groups is 2. The first-order valence-electron chi connectivity index (χ1n) is 12.0. The molecule has 0 saturated carbocycles. The predicted octanol–water partition coefficient (Wildman–Crippen LogP) is 3.95. The quantitative estimate of drug-likeness (QED) is 0.155. The average molecular weight is 606 g/mol. The minimum atomic E-state index is -0.538. The number of rotatable bonds is 4. The summed E-state index contributed by atoms with van der Waals surface area (Å²) in [6.07, 6.45) is 7.00. The first kappa shape index (κ1) is 36.2. The molecule has 10 nitrogen and oxygen atoms in total. The number of aromatic nitrogens is 2. The number of benzene rings is 2. The third kappa shape index (κ3) is 17.5. The summed E-state index contributed by atoms with van der Waals surface area (Å²) >= 11 is 0. The summed E-state index contributed by atoms with van der Waals surface area (Å²) in [5.41, 5.74) is 1.71. The van der Waals surface area contributed by atoms with Crippen LogP contribution >= 0.6 is 0 Å². The Labute approximate surface area is 253 Å². The normalized spacial score (nSPS) is 9.95. The second-order valence-electron chi connectivity index (χ2n) is 7.99. The number of pyridine rings is 2. The van der Waals surface area contributed by atoms with E-state index in [0.717, 1.165) is 0 Å². The number of phenols is 2. The van der Waals surface area contributed by atoms with Gasteiger partial charge in [-0.15, -0.1) is 0 Å². The van der Waals surface area contributed by atoms with Crippen LogP contribution in [0, 0.1) is 0 Å². The Morgan fingerprint density at radius 3 is 1.05 bits per heavy atom. The molecule has 4 rings (SSSR count). The third-order valence-electron chi connectivity index (χ3n) is 4.08. The van der Waals surface area contributed by atoms with Gasteiger partial charge in [-0.3, -0.25) is 9.97 Å². The van der Waals surface area contributed by atoms with Gasteiger partial charge in [0.2, 0.25) is 0 Å². The van der Waals surface area contributed by atoms with E-state index in [1.807, 2.05) is 36.4 Å². The van der Waals surface area contributed by atoms with Crippen LogP contribution in [0.4, 0.5) is 0 Å². The van der Waals surface area contributed by atoms with E-state index in [1.165, 1.54) is 24.3 Å². The molecular formula is C30H32N6O4Zn. The number of phenolic OH excluding ortho intramolecular Hbond substituents is 2. The van der Waals surface area contributed by atoms with Crippen molar-refractivity contribution in [3.63, 3.8) is 0 Å². The summed E-state index contributed by atoms with van der Waals surface area (Å²) in [5.74, 6) is -1.23. The van der Waals surface area contributed by atoms with Crippen LogP contribution in [-0.2, 0) is 19.5 Å². The first-order chi connectivity index (χ1) is 19.2. The van der Waals surface area contributed by atoms with Crippen molar-refractivity contribution in [1.29, 1.82) is 0 Å². The summed E-state index contributed by atoms with van der Waals surface area (Å²) in [5, 5.41) is 55.4. The average Bonchev–Trinajstić information content (AvgIpc) is 2.98. The van der Waals surface area contributed by atoms with Gasteiger partial charge in [0, 0.05) is 59.1 Å². The second-order valence-corrected chi connectivity index (χ2v) is 7.99. The molecule has 0 amide bonds. The molecule has 0 spiro atoms. The summed E-state index contributed by atoms with van der Waals surface area (Å²) in [7, 11) is 0. The van der Waals surface area contributed by atoms with Crippen LogP contribution in [0.25, 0.3) is 0 Å². The minimum absolute atomic E-state index is 0. The molecule has 0 atom stereocenters. The fourth-order valence-corrected chi connectivity index (χ4v) is 2.33.